The van der Waals surface area contributed by atoms with Crippen LogP contribution in [0.1, 0.15) is 48.2 Å². The number of anilines is 2. The van der Waals surface area contributed by atoms with Gasteiger partial charge in [-0.2, -0.15) is 5.26 Å². The monoisotopic (exact) mass is 335 g/mol. The Labute approximate surface area is 149 Å². The molecule has 0 unspecified atom stereocenters. The summed E-state index contributed by atoms with van der Waals surface area (Å²) < 4.78 is 0. The third-order valence-corrected chi connectivity index (χ3v) is 4.66. The van der Waals surface area contributed by atoms with Crippen molar-refractivity contribution in [2.75, 3.05) is 23.3 Å². The van der Waals surface area contributed by atoms with E-state index in [1.165, 1.54) is 25.7 Å². The molecule has 0 amide bonds. The van der Waals surface area contributed by atoms with Crippen LogP contribution in [-0.2, 0) is 6.54 Å². The normalized spacial score (nSPS) is 14.7. The molecule has 1 saturated heterocycles. The summed E-state index contributed by atoms with van der Waals surface area (Å²) in [5.41, 5.74) is 4.23. The number of nitrogens with one attached hydrogen (secondary N) is 1. The lowest BCUT2D eigenvalue weighted by Gasteiger charge is -2.21. The number of rotatable bonds is 4. The molecule has 3 rings (SSSR count). The van der Waals surface area contributed by atoms with Crippen molar-refractivity contribution < 1.29 is 0 Å². The number of nitrogens with zero attached hydrogens (tertiary/aromatic N) is 4. The first-order valence-electron chi connectivity index (χ1n) is 8.99. The van der Waals surface area contributed by atoms with Crippen LogP contribution >= 0.6 is 0 Å². The van der Waals surface area contributed by atoms with Crippen LogP contribution in [0.2, 0.25) is 0 Å². The van der Waals surface area contributed by atoms with E-state index < -0.39 is 0 Å². The molecule has 130 valence electrons. The van der Waals surface area contributed by atoms with Gasteiger partial charge in [0.25, 0.3) is 0 Å². The smallest absolute Gasteiger partial charge is 0.128 e. The Morgan fingerprint density at radius 1 is 1.16 bits per heavy atom. The number of pyridine rings is 2. The van der Waals surface area contributed by atoms with Crippen molar-refractivity contribution in [3.8, 4) is 6.07 Å². The van der Waals surface area contributed by atoms with Crippen LogP contribution in [0.5, 0.6) is 0 Å². The number of aromatic nitrogens is 2. The van der Waals surface area contributed by atoms with Crippen molar-refractivity contribution in [1.29, 1.82) is 5.26 Å². The lowest BCUT2D eigenvalue weighted by Crippen LogP contribution is -2.24. The van der Waals surface area contributed by atoms with Crippen molar-refractivity contribution in [3.63, 3.8) is 0 Å². The summed E-state index contributed by atoms with van der Waals surface area (Å²) >= 11 is 0. The molecule has 3 heterocycles. The fraction of sp³-hybridized carbons (Fsp3) is 0.450. The number of hydrogen-bond donors (Lipinski definition) is 1. The lowest BCUT2D eigenvalue weighted by molar-refractivity contribution is 0.726. The van der Waals surface area contributed by atoms with E-state index in [0.29, 0.717) is 12.1 Å². The summed E-state index contributed by atoms with van der Waals surface area (Å²) in [6.45, 7) is 6.66. The van der Waals surface area contributed by atoms with E-state index >= 15 is 0 Å². The Morgan fingerprint density at radius 3 is 2.56 bits per heavy atom. The van der Waals surface area contributed by atoms with E-state index in [0.717, 1.165) is 41.5 Å². The van der Waals surface area contributed by atoms with E-state index in [1.54, 1.807) is 0 Å². The molecule has 0 spiro atoms. The van der Waals surface area contributed by atoms with Crippen LogP contribution < -0.4 is 10.2 Å². The van der Waals surface area contributed by atoms with Gasteiger partial charge in [-0.15, -0.1) is 0 Å². The molecule has 5 heteroatoms. The quantitative estimate of drug-likeness (QED) is 0.916. The molecule has 1 N–H and O–H groups in total. The second-order valence-corrected chi connectivity index (χ2v) is 6.66. The first-order chi connectivity index (χ1) is 12.2. The van der Waals surface area contributed by atoms with Crippen molar-refractivity contribution in [1.82, 2.24) is 9.97 Å². The zero-order valence-electron chi connectivity index (χ0n) is 15.0. The van der Waals surface area contributed by atoms with Gasteiger partial charge in [0.05, 0.1) is 16.9 Å². The van der Waals surface area contributed by atoms with Crippen molar-refractivity contribution in [3.05, 3.63) is 46.9 Å². The number of aryl methyl sites for hydroxylation is 2. The highest BCUT2D eigenvalue weighted by Crippen LogP contribution is 2.21. The fourth-order valence-corrected chi connectivity index (χ4v) is 3.31. The van der Waals surface area contributed by atoms with Gasteiger partial charge >= 0.3 is 0 Å². The first-order valence-corrected chi connectivity index (χ1v) is 8.99. The third-order valence-electron chi connectivity index (χ3n) is 4.66. The predicted octanol–water partition coefficient (Wildman–Crippen LogP) is 3.96. The van der Waals surface area contributed by atoms with Crippen molar-refractivity contribution in [2.45, 2.75) is 46.1 Å². The maximum Gasteiger partial charge on any atom is 0.128 e. The van der Waals surface area contributed by atoms with Crippen LogP contribution in [0.15, 0.2) is 24.4 Å². The van der Waals surface area contributed by atoms with Gasteiger partial charge in [-0.1, -0.05) is 18.9 Å². The Kier molecular flexibility index (Phi) is 5.49. The predicted molar refractivity (Wildman–Crippen MR) is 101 cm³/mol. The largest absolute Gasteiger partial charge is 0.380 e. The van der Waals surface area contributed by atoms with Gasteiger partial charge in [0, 0.05) is 31.5 Å². The highest BCUT2D eigenvalue weighted by Gasteiger charge is 2.11. The molecular weight excluding hydrogens is 310 g/mol. The Hall–Kier alpha value is -2.61. The molecule has 1 fully saturated rings. The van der Waals surface area contributed by atoms with Crippen LogP contribution in [0.4, 0.5) is 11.5 Å². The average Bonchev–Trinajstić information content (AvgIpc) is 2.89. The van der Waals surface area contributed by atoms with Crippen LogP contribution in [0.3, 0.4) is 0 Å². The van der Waals surface area contributed by atoms with E-state index in [9.17, 15) is 5.26 Å². The molecule has 5 nitrogen and oxygen atoms in total. The molecule has 0 radical (unpaired) electrons. The zero-order chi connectivity index (χ0) is 17.6. The maximum absolute atomic E-state index is 9.34. The van der Waals surface area contributed by atoms with Gasteiger partial charge < -0.3 is 10.2 Å². The Balaban J connectivity index is 1.67. The Bertz CT molecular complexity index is 753. The van der Waals surface area contributed by atoms with Crippen molar-refractivity contribution in [2.24, 2.45) is 0 Å². The molecule has 2 aromatic heterocycles. The van der Waals surface area contributed by atoms with Crippen LogP contribution in [0.25, 0.3) is 0 Å². The summed E-state index contributed by atoms with van der Waals surface area (Å²) in [5.74, 6) is 1.07. The second-order valence-electron chi connectivity index (χ2n) is 6.66. The highest BCUT2D eigenvalue weighted by atomic mass is 15.2. The van der Waals surface area contributed by atoms with E-state index in [1.807, 2.05) is 26.1 Å². The van der Waals surface area contributed by atoms with E-state index in [-0.39, 0.29) is 0 Å². The van der Waals surface area contributed by atoms with Crippen molar-refractivity contribution >= 4 is 11.5 Å². The minimum absolute atomic E-state index is 0.611. The van der Waals surface area contributed by atoms with E-state index in [2.05, 4.69) is 38.4 Å². The van der Waals surface area contributed by atoms with Gasteiger partial charge in [-0.05, 0) is 44.4 Å². The molecule has 1 aliphatic rings. The molecule has 0 atom stereocenters. The lowest BCUT2D eigenvalue weighted by atomic mass is 10.1. The maximum atomic E-state index is 9.34. The van der Waals surface area contributed by atoms with E-state index in [4.69, 9.17) is 0 Å². The molecule has 0 saturated carbocycles. The molecule has 0 aliphatic carbocycles. The molecular formula is C20H25N5. The number of hydrogen-bond acceptors (Lipinski definition) is 5. The minimum atomic E-state index is 0.611. The van der Waals surface area contributed by atoms with Gasteiger partial charge in [0.15, 0.2) is 0 Å². The third kappa shape index (κ3) is 4.27. The van der Waals surface area contributed by atoms with Crippen LogP contribution in [0, 0.1) is 25.2 Å². The summed E-state index contributed by atoms with van der Waals surface area (Å²) in [6.07, 6.45) is 7.08. The molecule has 1 aliphatic heterocycles. The summed E-state index contributed by atoms with van der Waals surface area (Å²) in [6, 6.07) is 8.39. The second kappa shape index (κ2) is 7.98. The summed E-state index contributed by atoms with van der Waals surface area (Å²) in [5, 5.41) is 12.7. The van der Waals surface area contributed by atoms with Gasteiger partial charge in [-0.3, -0.25) is 4.98 Å². The molecule has 25 heavy (non-hydrogen) atoms. The molecule has 2 aromatic rings. The first kappa shape index (κ1) is 17.2. The Morgan fingerprint density at radius 2 is 1.92 bits per heavy atom. The highest BCUT2D eigenvalue weighted by molar-refractivity contribution is 5.60. The topological polar surface area (TPSA) is 64.8 Å². The minimum Gasteiger partial charge on any atom is -0.380 e. The van der Waals surface area contributed by atoms with Crippen LogP contribution in [-0.4, -0.2) is 23.1 Å². The SMILES string of the molecule is Cc1cc(NCc2ccc(N3CCCCCC3)nc2)c(C#N)c(C)n1. The van der Waals surface area contributed by atoms with Gasteiger partial charge in [0.1, 0.15) is 11.9 Å². The van der Waals surface area contributed by atoms with Gasteiger partial charge in [0.2, 0.25) is 0 Å². The standard InChI is InChI=1S/C20H25N5/c1-15-11-19(18(12-21)16(2)24-15)22-13-17-7-8-20(23-14-17)25-9-5-3-4-6-10-25/h7-8,11,14H,3-6,9-10,13H2,1-2H3,(H,22,24). The number of nitriles is 1. The fourth-order valence-electron chi connectivity index (χ4n) is 3.31. The zero-order valence-corrected chi connectivity index (χ0v) is 15.0. The summed E-state index contributed by atoms with van der Waals surface area (Å²) in [4.78, 5) is 11.4. The average molecular weight is 335 g/mol. The summed E-state index contributed by atoms with van der Waals surface area (Å²) in [7, 11) is 0. The molecule has 0 bridgehead atoms. The van der Waals surface area contributed by atoms with Gasteiger partial charge in [-0.25, -0.2) is 4.98 Å². The molecule has 0 aromatic carbocycles.